The van der Waals surface area contributed by atoms with Gasteiger partial charge < -0.3 is 4.90 Å². The molecule has 1 saturated heterocycles. The zero-order valence-corrected chi connectivity index (χ0v) is 8.96. The summed E-state index contributed by atoms with van der Waals surface area (Å²) in [5.74, 6) is 0.626. The fourth-order valence-corrected chi connectivity index (χ4v) is 1.80. The van der Waals surface area contributed by atoms with Gasteiger partial charge in [-0.05, 0) is 23.6 Å². The van der Waals surface area contributed by atoms with Gasteiger partial charge in [0.05, 0.1) is 6.67 Å². The molecule has 0 aliphatic carbocycles. The minimum absolute atomic E-state index is 0.626. The first-order chi connectivity index (χ1) is 6.77. The van der Waals surface area contributed by atoms with Crippen LogP contribution in [-0.4, -0.2) is 19.8 Å². The molecule has 0 spiro atoms. The van der Waals surface area contributed by atoms with Gasteiger partial charge in [0.25, 0.3) is 0 Å². The molecule has 76 valence electrons. The van der Waals surface area contributed by atoms with Crippen LogP contribution in [0, 0.1) is 0 Å². The Morgan fingerprint density at radius 3 is 2.43 bits per heavy atom. The molecule has 1 aliphatic heterocycles. The lowest BCUT2D eigenvalue weighted by Gasteiger charge is -2.17. The van der Waals surface area contributed by atoms with Gasteiger partial charge in [0.1, 0.15) is 0 Å². The zero-order valence-electron chi connectivity index (χ0n) is 8.96. The molecule has 1 aromatic rings. The molecule has 2 heteroatoms. The van der Waals surface area contributed by atoms with Crippen molar-refractivity contribution in [3.05, 3.63) is 29.8 Å². The Morgan fingerprint density at radius 1 is 1.21 bits per heavy atom. The van der Waals surface area contributed by atoms with Crippen LogP contribution in [0.5, 0.6) is 0 Å². The second-order valence-corrected chi connectivity index (χ2v) is 4.17. The summed E-state index contributed by atoms with van der Waals surface area (Å²) in [7, 11) is 0. The minimum atomic E-state index is 0.626. The van der Waals surface area contributed by atoms with Crippen LogP contribution >= 0.6 is 0 Å². The highest BCUT2D eigenvalue weighted by molar-refractivity contribution is 5.48. The molecule has 14 heavy (non-hydrogen) atoms. The van der Waals surface area contributed by atoms with Gasteiger partial charge in [-0.3, -0.25) is 5.32 Å². The molecule has 0 atom stereocenters. The minimum Gasteiger partial charge on any atom is -0.357 e. The first-order valence-corrected chi connectivity index (χ1v) is 5.33. The van der Waals surface area contributed by atoms with E-state index in [1.165, 1.54) is 11.3 Å². The Bertz CT molecular complexity index is 284. The molecule has 1 aromatic carbocycles. The van der Waals surface area contributed by atoms with Gasteiger partial charge in [-0.15, -0.1) is 0 Å². The van der Waals surface area contributed by atoms with Crippen molar-refractivity contribution >= 4 is 5.69 Å². The molecule has 2 nitrogen and oxygen atoms in total. The number of nitrogens with one attached hydrogen (secondary N) is 1. The van der Waals surface area contributed by atoms with E-state index >= 15 is 0 Å². The van der Waals surface area contributed by atoms with Gasteiger partial charge in [0, 0.05) is 18.8 Å². The SMILES string of the molecule is CC(C)c1ccc(N2CCNC2)cc1. The van der Waals surface area contributed by atoms with Gasteiger partial charge in [0.15, 0.2) is 0 Å². The summed E-state index contributed by atoms with van der Waals surface area (Å²) < 4.78 is 0. The second-order valence-electron chi connectivity index (χ2n) is 4.17. The fourth-order valence-electron chi connectivity index (χ4n) is 1.80. The summed E-state index contributed by atoms with van der Waals surface area (Å²) in [6, 6.07) is 8.92. The maximum atomic E-state index is 3.33. The van der Waals surface area contributed by atoms with E-state index in [2.05, 4.69) is 48.3 Å². The van der Waals surface area contributed by atoms with Gasteiger partial charge >= 0.3 is 0 Å². The average molecular weight is 190 g/mol. The van der Waals surface area contributed by atoms with Crippen LogP contribution in [0.15, 0.2) is 24.3 Å². The number of benzene rings is 1. The zero-order chi connectivity index (χ0) is 9.97. The van der Waals surface area contributed by atoms with Gasteiger partial charge in [0.2, 0.25) is 0 Å². The predicted octanol–water partition coefficient (Wildman–Crippen LogP) is 2.18. The predicted molar refractivity (Wildman–Crippen MR) is 60.7 cm³/mol. The molecule has 0 amide bonds. The van der Waals surface area contributed by atoms with Gasteiger partial charge in [-0.2, -0.15) is 0 Å². The molecule has 0 saturated carbocycles. The first kappa shape index (κ1) is 9.53. The fraction of sp³-hybridized carbons (Fsp3) is 0.500. The Balaban J connectivity index is 2.12. The molecule has 0 radical (unpaired) electrons. The molecule has 1 aliphatic rings. The van der Waals surface area contributed by atoms with E-state index in [0.717, 1.165) is 19.8 Å². The summed E-state index contributed by atoms with van der Waals surface area (Å²) in [4.78, 5) is 2.37. The van der Waals surface area contributed by atoms with Crippen molar-refractivity contribution in [2.45, 2.75) is 19.8 Å². The summed E-state index contributed by atoms with van der Waals surface area (Å²) >= 11 is 0. The Labute approximate surface area is 85.9 Å². The van der Waals surface area contributed by atoms with Crippen LogP contribution < -0.4 is 10.2 Å². The Kier molecular flexibility index (Phi) is 2.73. The summed E-state index contributed by atoms with van der Waals surface area (Å²) in [5.41, 5.74) is 2.75. The largest absolute Gasteiger partial charge is 0.357 e. The average Bonchev–Trinajstić information content (AvgIpc) is 2.71. The molecule has 1 N–H and O–H groups in total. The van der Waals surface area contributed by atoms with E-state index in [9.17, 15) is 0 Å². The van der Waals surface area contributed by atoms with Crippen molar-refractivity contribution in [1.82, 2.24) is 5.32 Å². The van der Waals surface area contributed by atoms with E-state index in [4.69, 9.17) is 0 Å². The van der Waals surface area contributed by atoms with Crippen molar-refractivity contribution in [2.75, 3.05) is 24.7 Å². The molecule has 0 bridgehead atoms. The molecular weight excluding hydrogens is 172 g/mol. The van der Waals surface area contributed by atoms with Crippen LogP contribution in [0.1, 0.15) is 25.3 Å². The van der Waals surface area contributed by atoms with Crippen molar-refractivity contribution in [3.8, 4) is 0 Å². The van der Waals surface area contributed by atoms with Crippen molar-refractivity contribution in [3.63, 3.8) is 0 Å². The lowest BCUT2D eigenvalue weighted by molar-refractivity contribution is 0.851. The Morgan fingerprint density at radius 2 is 1.93 bits per heavy atom. The van der Waals surface area contributed by atoms with E-state index in [1.54, 1.807) is 0 Å². The third kappa shape index (κ3) is 1.90. The molecule has 0 unspecified atom stereocenters. The molecule has 1 heterocycles. The summed E-state index contributed by atoms with van der Waals surface area (Å²) in [5, 5.41) is 3.33. The molecular formula is C12H18N2. The second kappa shape index (κ2) is 4.01. The highest BCUT2D eigenvalue weighted by Gasteiger charge is 2.11. The number of hydrogen-bond acceptors (Lipinski definition) is 2. The number of nitrogens with zero attached hydrogens (tertiary/aromatic N) is 1. The van der Waals surface area contributed by atoms with E-state index in [0.29, 0.717) is 5.92 Å². The van der Waals surface area contributed by atoms with E-state index < -0.39 is 0 Å². The van der Waals surface area contributed by atoms with Crippen LogP contribution in [0.3, 0.4) is 0 Å². The number of hydrogen-bond donors (Lipinski definition) is 1. The highest BCUT2D eigenvalue weighted by Crippen LogP contribution is 2.20. The van der Waals surface area contributed by atoms with Crippen molar-refractivity contribution < 1.29 is 0 Å². The summed E-state index contributed by atoms with van der Waals surface area (Å²) in [6.45, 7) is 7.67. The third-order valence-corrected chi connectivity index (χ3v) is 2.79. The summed E-state index contributed by atoms with van der Waals surface area (Å²) in [6.07, 6.45) is 0. The molecule has 1 fully saturated rings. The monoisotopic (exact) mass is 190 g/mol. The lowest BCUT2D eigenvalue weighted by atomic mass is 10.0. The molecule has 0 aromatic heterocycles. The van der Waals surface area contributed by atoms with Crippen LogP contribution in [-0.2, 0) is 0 Å². The van der Waals surface area contributed by atoms with Crippen molar-refractivity contribution in [1.29, 1.82) is 0 Å². The van der Waals surface area contributed by atoms with Crippen LogP contribution in [0.25, 0.3) is 0 Å². The smallest absolute Gasteiger partial charge is 0.0683 e. The lowest BCUT2D eigenvalue weighted by Crippen LogP contribution is -2.20. The number of rotatable bonds is 2. The van der Waals surface area contributed by atoms with E-state index in [-0.39, 0.29) is 0 Å². The third-order valence-electron chi connectivity index (χ3n) is 2.79. The quantitative estimate of drug-likeness (QED) is 0.769. The highest BCUT2D eigenvalue weighted by atomic mass is 15.3. The van der Waals surface area contributed by atoms with Gasteiger partial charge in [-0.25, -0.2) is 0 Å². The van der Waals surface area contributed by atoms with Gasteiger partial charge in [-0.1, -0.05) is 26.0 Å². The van der Waals surface area contributed by atoms with E-state index in [1.807, 2.05) is 0 Å². The topological polar surface area (TPSA) is 15.3 Å². The Hall–Kier alpha value is -1.02. The molecule has 2 rings (SSSR count). The standard InChI is InChI=1S/C12H18N2/c1-10(2)11-3-5-12(6-4-11)14-8-7-13-9-14/h3-6,10,13H,7-9H2,1-2H3. The normalized spacial score (nSPS) is 16.6. The van der Waals surface area contributed by atoms with Crippen LogP contribution in [0.4, 0.5) is 5.69 Å². The number of anilines is 1. The van der Waals surface area contributed by atoms with Crippen molar-refractivity contribution in [2.24, 2.45) is 0 Å². The van der Waals surface area contributed by atoms with Crippen LogP contribution in [0.2, 0.25) is 0 Å². The maximum absolute atomic E-state index is 3.33. The first-order valence-electron chi connectivity index (χ1n) is 5.33. The maximum Gasteiger partial charge on any atom is 0.0683 e.